The van der Waals surface area contributed by atoms with Crippen LogP contribution in [0, 0.1) is 6.92 Å². The molecule has 3 heteroatoms. The van der Waals surface area contributed by atoms with Crippen molar-refractivity contribution in [1.82, 2.24) is 0 Å². The van der Waals surface area contributed by atoms with Crippen LogP contribution in [0.4, 0.5) is 5.69 Å². The number of carbonyl (C=O) groups excluding carboxylic acids is 1. The van der Waals surface area contributed by atoms with Crippen LogP contribution in [0.5, 0.6) is 0 Å². The Morgan fingerprint density at radius 1 is 1.28 bits per heavy atom. The minimum Gasteiger partial charge on any atom is -0.312 e. The highest BCUT2D eigenvalue weighted by atomic mass is 32.1. The number of aryl methyl sites for hydroxylation is 1. The summed E-state index contributed by atoms with van der Waals surface area (Å²) < 4.78 is 0. The molecule has 1 aromatic heterocycles. The van der Waals surface area contributed by atoms with Gasteiger partial charge in [0.25, 0.3) is 0 Å². The molecule has 1 amide bonds. The van der Waals surface area contributed by atoms with Gasteiger partial charge in [0, 0.05) is 17.1 Å². The normalized spacial score (nSPS) is 10.3. The number of thiophene rings is 1. The van der Waals surface area contributed by atoms with Crippen molar-refractivity contribution in [3.63, 3.8) is 0 Å². The van der Waals surface area contributed by atoms with Gasteiger partial charge in [-0.1, -0.05) is 18.2 Å². The van der Waals surface area contributed by atoms with E-state index in [0.29, 0.717) is 13.0 Å². The maximum atomic E-state index is 12.3. The highest BCUT2D eigenvalue weighted by Crippen LogP contribution is 2.18. The molecule has 1 aromatic carbocycles. The number of carbonyl (C=O) groups is 1. The second-order valence-corrected chi connectivity index (χ2v) is 5.27. The topological polar surface area (TPSA) is 20.3 Å². The number of rotatable bonds is 4. The molecular formula is C15H17NOS. The fraction of sp³-hybridized carbons (Fsp3) is 0.267. The molecule has 0 unspecified atom stereocenters. The van der Waals surface area contributed by atoms with Crippen molar-refractivity contribution in [2.75, 3.05) is 11.4 Å². The first-order valence-corrected chi connectivity index (χ1v) is 6.98. The lowest BCUT2D eigenvalue weighted by Crippen LogP contribution is -2.31. The molecule has 0 aliphatic carbocycles. The van der Waals surface area contributed by atoms with E-state index in [1.165, 1.54) is 5.56 Å². The van der Waals surface area contributed by atoms with Gasteiger partial charge in [-0.2, -0.15) is 0 Å². The maximum Gasteiger partial charge on any atom is 0.232 e. The second kappa shape index (κ2) is 5.83. The van der Waals surface area contributed by atoms with Crippen molar-refractivity contribution in [3.05, 3.63) is 52.2 Å². The van der Waals surface area contributed by atoms with Gasteiger partial charge in [-0.15, -0.1) is 11.3 Å². The summed E-state index contributed by atoms with van der Waals surface area (Å²) in [5, 5.41) is 2.01. The fourth-order valence-corrected chi connectivity index (χ4v) is 2.65. The van der Waals surface area contributed by atoms with Crippen LogP contribution in [0.15, 0.2) is 41.8 Å². The Balaban J connectivity index is 2.15. The van der Waals surface area contributed by atoms with Crippen molar-refractivity contribution in [1.29, 1.82) is 0 Å². The van der Waals surface area contributed by atoms with Crippen LogP contribution in [-0.4, -0.2) is 12.5 Å². The lowest BCUT2D eigenvalue weighted by molar-refractivity contribution is -0.117. The molecule has 0 spiro atoms. The molecule has 2 nitrogen and oxygen atoms in total. The van der Waals surface area contributed by atoms with Crippen LogP contribution in [0.1, 0.15) is 17.4 Å². The molecule has 0 bridgehead atoms. The Hall–Kier alpha value is -1.61. The highest BCUT2D eigenvalue weighted by molar-refractivity contribution is 7.10. The van der Waals surface area contributed by atoms with E-state index in [0.717, 1.165) is 10.6 Å². The number of likely N-dealkylation sites (N-methyl/N-ethyl adjacent to an activating group) is 1. The van der Waals surface area contributed by atoms with Crippen molar-refractivity contribution in [2.45, 2.75) is 20.3 Å². The number of benzene rings is 1. The number of anilines is 1. The van der Waals surface area contributed by atoms with E-state index in [-0.39, 0.29) is 5.91 Å². The van der Waals surface area contributed by atoms with Crippen LogP contribution in [0.3, 0.4) is 0 Å². The molecule has 2 rings (SSSR count). The summed E-state index contributed by atoms with van der Waals surface area (Å²) in [4.78, 5) is 15.2. The largest absolute Gasteiger partial charge is 0.312 e. The van der Waals surface area contributed by atoms with E-state index in [2.05, 4.69) is 6.07 Å². The Morgan fingerprint density at radius 2 is 2.11 bits per heavy atom. The average Bonchev–Trinajstić information content (AvgIpc) is 2.83. The molecule has 94 valence electrons. The molecule has 18 heavy (non-hydrogen) atoms. The van der Waals surface area contributed by atoms with Crippen molar-refractivity contribution in [2.24, 2.45) is 0 Å². The Morgan fingerprint density at radius 3 is 2.72 bits per heavy atom. The SMILES string of the molecule is CCN(C(=O)Cc1cccs1)c1cccc(C)c1. The average molecular weight is 259 g/mol. The van der Waals surface area contributed by atoms with Crippen molar-refractivity contribution in [3.8, 4) is 0 Å². The molecule has 1 heterocycles. The second-order valence-electron chi connectivity index (χ2n) is 4.23. The van der Waals surface area contributed by atoms with Crippen LogP contribution in [0.2, 0.25) is 0 Å². The van der Waals surface area contributed by atoms with Gasteiger partial charge in [-0.25, -0.2) is 0 Å². The first-order chi connectivity index (χ1) is 8.70. The van der Waals surface area contributed by atoms with E-state index >= 15 is 0 Å². The molecule has 0 aliphatic heterocycles. The number of nitrogens with zero attached hydrogens (tertiary/aromatic N) is 1. The third kappa shape index (κ3) is 2.99. The van der Waals surface area contributed by atoms with Crippen molar-refractivity contribution >= 4 is 22.9 Å². The zero-order chi connectivity index (χ0) is 13.0. The van der Waals surface area contributed by atoms with Crippen LogP contribution < -0.4 is 4.90 Å². The molecule has 2 aromatic rings. The monoisotopic (exact) mass is 259 g/mol. The quantitative estimate of drug-likeness (QED) is 0.820. The molecule has 0 fully saturated rings. The van der Waals surface area contributed by atoms with Crippen LogP contribution in [0.25, 0.3) is 0 Å². The first-order valence-electron chi connectivity index (χ1n) is 6.10. The summed E-state index contributed by atoms with van der Waals surface area (Å²) in [7, 11) is 0. The van der Waals surface area contributed by atoms with Gasteiger partial charge < -0.3 is 4.90 Å². The smallest absolute Gasteiger partial charge is 0.232 e. The molecule has 0 N–H and O–H groups in total. The van der Waals surface area contributed by atoms with Crippen LogP contribution in [-0.2, 0) is 11.2 Å². The molecule has 0 saturated heterocycles. The van der Waals surface area contributed by atoms with Gasteiger partial charge in [0.1, 0.15) is 0 Å². The van der Waals surface area contributed by atoms with Gasteiger partial charge in [0.2, 0.25) is 5.91 Å². The Kier molecular flexibility index (Phi) is 4.15. The third-order valence-corrected chi connectivity index (χ3v) is 3.71. The van der Waals surface area contributed by atoms with E-state index in [1.807, 2.05) is 54.5 Å². The van der Waals surface area contributed by atoms with E-state index in [1.54, 1.807) is 11.3 Å². The van der Waals surface area contributed by atoms with Gasteiger partial charge >= 0.3 is 0 Å². The van der Waals surface area contributed by atoms with Gasteiger partial charge in [0.15, 0.2) is 0 Å². The van der Waals surface area contributed by atoms with E-state index < -0.39 is 0 Å². The summed E-state index contributed by atoms with van der Waals surface area (Å²) in [5.74, 6) is 0.158. The third-order valence-electron chi connectivity index (χ3n) is 2.84. The standard InChI is InChI=1S/C15H17NOS/c1-3-16(13-7-4-6-12(2)10-13)15(17)11-14-8-5-9-18-14/h4-10H,3,11H2,1-2H3. The summed E-state index contributed by atoms with van der Waals surface area (Å²) >= 11 is 1.63. The Bertz CT molecular complexity index is 519. The minimum atomic E-state index is 0.158. The molecular weight excluding hydrogens is 242 g/mol. The summed E-state index contributed by atoms with van der Waals surface area (Å²) in [6.45, 7) is 4.75. The van der Waals surface area contributed by atoms with Crippen LogP contribution >= 0.6 is 11.3 Å². The number of hydrogen-bond acceptors (Lipinski definition) is 2. The summed E-state index contributed by atoms with van der Waals surface area (Å²) in [6, 6.07) is 12.1. The molecule has 0 radical (unpaired) electrons. The number of amides is 1. The zero-order valence-electron chi connectivity index (χ0n) is 10.7. The van der Waals surface area contributed by atoms with E-state index in [4.69, 9.17) is 0 Å². The predicted octanol–water partition coefficient (Wildman–Crippen LogP) is 3.65. The first kappa shape index (κ1) is 12.8. The van der Waals surface area contributed by atoms with E-state index in [9.17, 15) is 4.79 Å². The van der Waals surface area contributed by atoms with Gasteiger partial charge in [-0.3, -0.25) is 4.79 Å². The van der Waals surface area contributed by atoms with Gasteiger partial charge in [-0.05, 0) is 43.0 Å². The fourth-order valence-electron chi connectivity index (χ4n) is 1.96. The predicted molar refractivity (Wildman–Crippen MR) is 77.2 cm³/mol. The summed E-state index contributed by atoms with van der Waals surface area (Å²) in [5.41, 5.74) is 2.16. The minimum absolute atomic E-state index is 0.158. The molecule has 0 saturated carbocycles. The van der Waals surface area contributed by atoms with Gasteiger partial charge in [0.05, 0.1) is 6.42 Å². The number of hydrogen-bond donors (Lipinski definition) is 0. The lowest BCUT2D eigenvalue weighted by atomic mass is 10.2. The summed E-state index contributed by atoms with van der Waals surface area (Å²) in [6.07, 6.45) is 0.486. The zero-order valence-corrected chi connectivity index (χ0v) is 11.5. The molecule has 0 atom stereocenters. The lowest BCUT2D eigenvalue weighted by Gasteiger charge is -2.21. The molecule has 0 aliphatic rings. The Labute approximate surface area is 112 Å². The van der Waals surface area contributed by atoms with Crippen molar-refractivity contribution < 1.29 is 4.79 Å². The highest BCUT2D eigenvalue weighted by Gasteiger charge is 2.14. The maximum absolute atomic E-state index is 12.3.